The van der Waals surface area contributed by atoms with Gasteiger partial charge in [0.15, 0.2) is 0 Å². The van der Waals surface area contributed by atoms with Crippen LogP contribution in [0.4, 0.5) is 0 Å². The molecule has 2 rings (SSSR count). The quantitative estimate of drug-likeness (QED) is 0.840. The number of nitrogens with one attached hydrogen (secondary N) is 1. The molecule has 17 heavy (non-hydrogen) atoms. The summed E-state index contributed by atoms with van der Waals surface area (Å²) in [5.41, 5.74) is 0.286. The lowest BCUT2D eigenvalue weighted by Gasteiger charge is -2.11. The average molecular weight is 299 g/mol. The molecule has 0 saturated heterocycles. The zero-order valence-corrected chi connectivity index (χ0v) is 11.0. The number of aromatic nitrogens is 1. The van der Waals surface area contributed by atoms with E-state index in [1.165, 1.54) is 24.9 Å². The number of alkyl halides is 1. The van der Waals surface area contributed by atoms with Crippen LogP contribution in [0.1, 0.15) is 29.6 Å². The number of hydrogen-bond acceptors (Lipinski definition) is 3. The Balaban J connectivity index is 1.88. The number of halogens is 1. The summed E-state index contributed by atoms with van der Waals surface area (Å²) in [5, 5.41) is 12.3. The highest BCUT2D eigenvalue weighted by Crippen LogP contribution is 2.30. The van der Waals surface area contributed by atoms with Gasteiger partial charge in [-0.25, -0.2) is 0 Å². The minimum absolute atomic E-state index is 0.0743. The Labute approximate surface area is 109 Å². The zero-order chi connectivity index (χ0) is 12.3. The third-order valence-electron chi connectivity index (χ3n) is 3.07. The second kappa shape index (κ2) is 5.49. The van der Waals surface area contributed by atoms with E-state index in [-0.39, 0.29) is 17.2 Å². The van der Waals surface area contributed by atoms with Crippen molar-refractivity contribution < 1.29 is 9.90 Å². The molecule has 0 radical (unpaired) electrons. The lowest BCUT2D eigenvalue weighted by molar-refractivity contribution is 0.0944. The van der Waals surface area contributed by atoms with E-state index in [4.69, 9.17) is 0 Å². The van der Waals surface area contributed by atoms with Gasteiger partial charge in [0.2, 0.25) is 0 Å². The fraction of sp³-hybridized carbons (Fsp3) is 0.500. The van der Waals surface area contributed by atoms with Crippen molar-refractivity contribution in [2.24, 2.45) is 5.92 Å². The van der Waals surface area contributed by atoms with Crippen molar-refractivity contribution in [1.29, 1.82) is 0 Å². The fourth-order valence-electron chi connectivity index (χ4n) is 2.11. The lowest BCUT2D eigenvalue weighted by atomic mass is 10.1. The van der Waals surface area contributed by atoms with Crippen molar-refractivity contribution in [3.05, 3.63) is 24.0 Å². The first-order valence-corrected chi connectivity index (χ1v) is 6.63. The minimum Gasteiger partial charge on any atom is -0.505 e. The average Bonchev–Trinajstić information content (AvgIpc) is 2.73. The molecule has 1 saturated carbocycles. The summed E-state index contributed by atoms with van der Waals surface area (Å²) in [6.45, 7) is 0.669. The second-order valence-electron chi connectivity index (χ2n) is 4.38. The van der Waals surface area contributed by atoms with E-state index in [9.17, 15) is 9.90 Å². The second-order valence-corrected chi connectivity index (χ2v) is 5.67. The third kappa shape index (κ3) is 3.19. The molecule has 0 aromatic carbocycles. The molecule has 1 heterocycles. The molecule has 92 valence electrons. The van der Waals surface area contributed by atoms with Gasteiger partial charge in [-0.1, -0.05) is 15.9 Å². The number of aromatic hydroxyl groups is 1. The Kier molecular flexibility index (Phi) is 3.99. The molecule has 1 aliphatic rings. The Bertz CT molecular complexity index is 411. The van der Waals surface area contributed by atoms with Crippen LogP contribution in [-0.2, 0) is 0 Å². The topological polar surface area (TPSA) is 62.2 Å². The molecule has 0 aliphatic heterocycles. The van der Waals surface area contributed by atoms with Crippen LogP contribution in [0.15, 0.2) is 18.5 Å². The maximum Gasteiger partial charge on any atom is 0.255 e. The molecule has 2 atom stereocenters. The van der Waals surface area contributed by atoms with Gasteiger partial charge in [-0.2, -0.15) is 0 Å². The summed E-state index contributed by atoms with van der Waals surface area (Å²) < 4.78 is 0. The van der Waals surface area contributed by atoms with Crippen LogP contribution < -0.4 is 5.32 Å². The van der Waals surface area contributed by atoms with Gasteiger partial charge in [0.05, 0.1) is 11.8 Å². The predicted molar refractivity (Wildman–Crippen MR) is 68.3 cm³/mol. The molecule has 1 amide bonds. The Morgan fingerprint density at radius 1 is 1.59 bits per heavy atom. The number of carbonyl (C=O) groups is 1. The summed E-state index contributed by atoms with van der Waals surface area (Å²) in [7, 11) is 0. The van der Waals surface area contributed by atoms with E-state index in [1.807, 2.05) is 0 Å². The molecular weight excluding hydrogens is 284 g/mol. The Hall–Kier alpha value is -1.10. The van der Waals surface area contributed by atoms with Gasteiger partial charge in [-0.15, -0.1) is 0 Å². The largest absolute Gasteiger partial charge is 0.505 e. The van der Waals surface area contributed by atoms with Crippen LogP contribution in [0, 0.1) is 5.92 Å². The van der Waals surface area contributed by atoms with Crippen LogP contribution in [0.3, 0.4) is 0 Å². The highest BCUT2D eigenvalue weighted by Gasteiger charge is 2.23. The molecule has 0 bridgehead atoms. The maximum atomic E-state index is 11.8. The SMILES string of the molecule is O=C(NCC1CCC(Br)C1)c1ccncc1O. The molecule has 1 aliphatic carbocycles. The van der Waals surface area contributed by atoms with E-state index in [0.717, 1.165) is 12.8 Å². The number of pyridine rings is 1. The van der Waals surface area contributed by atoms with E-state index in [1.54, 1.807) is 0 Å². The third-order valence-corrected chi connectivity index (χ3v) is 3.90. The molecule has 4 nitrogen and oxygen atoms in total. The summed E-state index contributed by atoms with van der Waals surface area (Å²) >= 11 is 3.58. The highest BCUT2D eigenvalue weighted by molar-refractivity contribution is 9.09. The van der Waals surface area contributed by atoms with Gasteiger partial charge in [0.1, 0.15) is 5.75 Å². The molecule has 1 aromatic rings. The van der Waals surface area contributed by atoms with E-state index in [0.29, 0.717) is 17.3 Å². The fourth-order valence-corrected chi connectivity index (χ4v) is 2.90. The number of hydrogen-bond donors (Lipinski definition) is 2. The van der Waals surface area contributed by atoms with Gasteiger partial charge in [-0.05, 0) is 31.2 Å². The van der Waals surface area contributed by atoms with Gasteiger partial charge in [-0.3, -0.25) is 9.78 Å². The Morgan fingerprint density at radius 3 is 3.06 bits per heavy atom. The first-order valence-electron chi connectivity index (χ1n) is 5.72. The van der Waals surface area contributed by atoms with Crippen LogP contribution >= 0.6 is 15.9 Å². The molecule has 0 spiro atoms. The van der Waals surface area contributed by atoms with Gasteiger partial charge >= 0.3 is 0 Å². The first-order chi connectivity index (χ1) is 8.16. The van der Waals surface area contributed by atoms with Crippen LogP contribution in [0.2, 0.25) is 0 Å². The molecular formula is C12H15BrN2O2. The number of carbonyl (C=O) groups excluding carboxylic acids is 1. The zero-order valence-electron chi connectivity index (χ0n) is 9.40. The van der Waals surface area contributed by atoms with E-state index >= 15 is 0 Å². The van der Waals surface area contributed by atoms with Gasteiger partial charge in [0.25, 0.3) is 5.91 Å². The Morgan fingerprint density at radius 2 is 2.41 bits per heavy atom. The van der Waals surface area contributed by atoms with E-state index in [2.05, 4.69) is 26.2 Å². The van der Waals surface area contributed by atoms with Crippen molar-refractivity contribution in [3.8, 4) is 5.75 Å². The van der Waals surface area contributed by atoms with Crippen molar-refractivity contribution in [3.63, 3.8) is 0 Å². The minimum atomic E-state index is -0.233. The number of amides is 1. The summed E-state index contributed by atoms with van der Waals surface area (Å²) in [6.07, 6.45) is 6.18. The van der Waals surface area contributed by atoms with Crippen LogP contribution in [-0.4, -0.2) is 27.4 Å². The monoisotopic (exact) mass is 298 g/mol. The summed E-state index contributed by atoms with van der Waals surface area (Å²) in [6, 6.07) is 1.52. The predicted octanol–water partition coefficient (Wildman–Crippen LogP) is 2.08. The lowest BCUT2D eigenvalue weighted by Crippen LogP contribution is -2.28. The van der Waals surface area contributed by atoms with E-state index < -0.39 is 0 Å². The van der Waals surface area contributed by atoms with Gasteiger partial charge < -0.3 is 10.4 Å². The molecule has 2 unspecified atom stereocenters. The van der Waals surface area contributed by atoms with Crippen molar-refractivity contribution in [1.82, 2.24) is 10.3 Å². The first kappa shape index (κ1) is 12.4. The molecule has 5 heteroatoms. The van der Waals surface area contributed by atoms with Crippen molar-refractivity contribution in [2.45, 2.75) is 24.1 Å². The van der Waals surface area contributed by atoms with Crippen molar-refractivity contribution in [2.75, 3.05) is 6.54 Å². The molecule has 1 aromatic heterocycles. The van der Waals surface area contributed by atoms with Gasteiger partial charge in [0, 0.05) is 17.6 Å². The summed E-state index contributed by atoms with van der Waals surface area (Å²) in [5.74, 6) is 0.227. The molecule has 1 fully saturated rings. The number of rotatable bonds is 3. The number of nitrogens with zero attached hydrogens (tertiary/aromatic N) is 1. The smallest absolute Gasteiger partial charge is 0.255 e. The summed E-state index contributed by atoms with van der Waals surface area (Å²) in [4.78, 5) is 16.1. The normalized spacial score (nSPS) is 23.6. The molecule has 2 N–H and O–H groups in total. The maximum absolute atomic E-state index is 11.8. The van der Waals surface area contributed by atoms with Crippen LogP contribution in [0.25, 0.3) is 0 Å². The van der Waals surface area contributed by atoms with Crippen LogP contribution in [0.5, 0.6) is 5.75 Å². The highest BCUT2D eigenvalue weighted by atomic mass is 79.9. The van der Waals surface area contributed by atoms with Crippen molar-refractivity contribution >= 4 is 21.8 Å². The standard InChI is InChI=1S/C12H15BrN2O2/c13-9-2-1-8(5-9)6-15-12(17)10-3-4-14-7-11(10)16/h3-4,7-9,16H,1-2,5-6H2,(H,15,17).